The van der Waals surface area contributed by atoms with E-state index < -0.39 is 0 Å². The largest absolute Gasteiger partial charge is 0.352 e. The number of hydrogen-bond acceptors (Lipinski definition) is 4. The quantitative estimate of drug-likeness (QED) is 0.678. The molecule has 0 bridgehead atoms. The number of carbonyl (C=O) groups is 2. The first-order valence-electron chi connectivity index (χ1n) is 9.32. The van der Waals surface area contributed by atoms with Gasteiger partial charge >= 0.3 is 0 Å². The zero-order chi connectivity index (χ0) is 20.2. The molecule has 2 amide bonds. The minimum Gasteiger partial charge on any atom is -0.352 e. The number of aromatic nitrogens is 3. The highest BCUT2D eigenvalue weighted by Crippen LogP contribution is 2.27. The van der Waals surface area contributed by atoms with Crippen LogP contribution in [-0.4, -0.2) is 33.1 Å². The second kappa shape index (κ2) is 8.45. The average molecular weight is 410 g/mol. The van der Waals surface area contributed by atoms with E-state index >= 15 is 0 Å². The highest BCUT2D eigenvalue weighted by Gasteiger charge is 2.35. The monoisotopic (exact) mass is 409 g/mol. The van der Waals surface area contributed by atoms with E-state index in [2.05, 4.69) is 15.4 Å². The Morgan fingerprint density at radius 2 is 1.97 bits per heavy atom. The van der Waals surface area contributed by atoms with Gasteiger partial charge in [-0.1, -0.05) is 41.9 Å². The van der Waals surface area contributed by atoms with Crippen LogP contribution in [0.4, 0.5) is 5.69 Å². The van der Waals surface area contributed by atoms with Crippen LogP contribution in [0.25, 0.3) is 0 Å². The molecule has 8 heteroatoms. The van der Waals surface area contributed by atoms with Crippen molar-refractivity contribution in [2.45, 2.75) is 19.5 Å². The number of amides is 2. The van der Waals surface area contributed by atoms with Gasteiger partial charge in [-0.2, -0.15) is 5.10 Å². The molecule has 148 valence electrons. The minimum absolute atomic E-state index is 0.0649. The molecule has 1 atom stereocenters. The smallest absolute Gasteiger partial charge is 0.227 e. The van der Waals surface area contributed by atoms with Crippen LogP contribution in [0.15, 0.2) is 61.2 Å². The standard InChI is InChI=1S/C21H20ClN5O2/c22-18-2-1-3-19(9-18)27-12-17(8-20(27)28)21(29)24-10-15-4-6-16(7-5-15)11-26-14-23-13-25-26/h1-7,9,13-14,17H,8,10-12H2,(H,24,29). The number of benzene rings is 2. The summed E-state index contributed by atoms with van der Waals surface area (Å²) in [5.41, 5.74) is 2.82. The number of hydrogen-bond donors (Lipinski definition) is 1. The molecule has 29 heavy (non-hydrogen) atoms. The number of rotatable bonds is 6. The van der Waals surface area contributed by atoms with Crippen LogP contribution in [0.2, 0.25) is 5.02 Å². The second-order valence-corrected chi connectivity index (χ2v) is 7.45. The molecular formula is C21H20ClN5O2. The lowest BCUT2D eigenvalue weighted by Gasteiger charge is -2.17. The number of halogens is 1. The second-order valence-electron chi connectivity index (χ2n) is 7.01. The number of nitrogens with zero attached hydrogens (tertiary/aromatic N) is 4. The molecule has 1 fully saturated rings. The van der Waals surface area contributed by atoms with E-state index in [9.17, 15) is 9.59 Å². The Kier molecular flexibility index (Phi) is 5.57. The Morgan fingerprint density at radius 1 is 1.17 bits per heavy atom. The van der Waals surface area contributed by atoms with Gasteiger partial charge in [-0.25, -0.2) is 9.67 Å². The van der Waals surface area contributed by atoms with Crippen LogP contribution in [0.1, 0.15) is 17.5 Å². The van der Waals surface area contributed by atoms with E-state index in [0.29, 0.717) is 24.7 Å². The van der Waals surface area contributed by atoms with E-state index in [1.54, 1.807) is 34.1 Å². The van der Waals surface area contributed by atoms with Gasteiger partial charge in [-0.05, 0) is 29.3 Å². The van der Waals surface area contributed by atoms with Gasteiger partial charge in [0.15, 0.2) is 0 Å². The molecule has 2 aromatic carbocycles. The highest BCUT2D eigenvalue weighted by atomic mass is 35.5. The SMILES string of the molecule is O=C(NCc1ccc(Cn2cncn2)cc1)C1CC(=O)N(c2cccc(Cl)c2)C1. The molecule has 7 nitrogen and oxygen atoms in total. The van der Waals surface area contributed by atoms with Crippen LogP contribution in [0.3, 0.4) is 0 Å². The van der Waals surface area contributed by atoms with Crippen LogP contribution in [0, 0.1) is 5.92 Å². The van der Waals surface area contributed by atoms with Crippen molar-refractivity contribution in [3.05, 3.63) is 77.3 Å². The third-order valence-electron chi connectivity index (χ3n) is 4.92. The first kappa shape index (κ1) is 19.1. The predicted octanol–water partition coefficient (Wildman–Crippen LogP) is 2.65. The maximum absolute atomic E-state index is 12.6. The summed E-state index contributed by atoms with van der Waals surface area (Å²) in [4.78, 5) is 30.4. The lowest BCUT2D eigenvalue weighted by atomic mass is 10.1. The van der Waals surface area contributed by atoms with Crippen molar-refractivity contribution in [2.75, 3.05) is 11.4 Å². The van der Waals surface area contributed by atoms with Gasteiger partial charge in [0, 0.05) is 30.2 Å². The highest BCUT2D eigenvalue weighted by molar-refractivity contribution is 6.31. The maximum Gasteiger partial charge on any atom is 0.227 e. The van der Waals surface area contributed by atoms with Crippen molar-refractivity contribution >= 4 is 29.1 Å². The topological polar surface area (TPSA) is 80.1 Å². The van der Waals surface area contributed by atoms with Gasteiger partial charge in [-0.3, -0.25) is 9.59 Å². The van der Waals surface area contributed by atoms with E-state index in [4.69, 9.17) is 11.6 Å². The predicted molar refractivity (Wildman–Crippen MR) is 109 cm³/mol. The van der Waals surface area contributed by atoms with E-state index in [1.807, 2.05) is 30.3 Å². The van der Waals surface area contributed by atoms with Crippen molar-refractivity contribution in [1.29, 1.82) is 0 Å². The van der Waals surface area contributed by atoms with Gasteiger partial charge in [0.2, 0.25) is 11.8 Å². The minimum atomic E-state index is -0.368. The molecule has 2 heterocycles. The Morgan fingerprint density at radius 3 is 2.69 bits per heavy atom. The van der Waals surface area contributed by atoms with E-state index in [1.165, 1.54) is 6.33 Å². The molecule has 1 unspecified atom stereocenters. The summed E-state index contributed by atoms with van der Waals surface area (Å²) in [5.74, 6) is -0.549. The van der Waals surface area contributed by atoms with Crippen molar-refractivity contribution in [3.8, 4) is 0 Å². The zero-order valence-electron chi connectivity index (χ0n) is 15.7. The molecule has 0 aliphatic carbocycles. The van der Waals surface area contributed by atoms with Crippen molar-refractivity contribution in [2.24, 2.45) is 5.92 Å². The summed E-state index contributed by atoms with van der Waals surface area (Å²) in [6.45, 7) is 1.43. The molecule has 1 saturated heterocycles. The summed E-state index contributed by atoms with van der Waals surface area (Å²) >= 11 is 6.01. The van der Waals surface area contributed by atoms with E-state index in [-0.39, 0.29) is 24.2 Å². The third kappa shape index (κ3) is 4.63. The van der Waals surface area contributed by atoms with Gasteiger partial charge in [-0.15, -0.1) is 0 Å². The molecular weight excluding hydrogens is 390 g/mol. The third-order valence-corrected chi connectivity index (χ3v) is 5.15. The van der Waals surface area contributed by atoms with Gasteiger partial charge in [0.05, 0.1) is 12.5 Å². The molecule has 1 aliphatic rings. The first-order valence-corrected chi connectivity index (χ1v) is 9.70. The van der Waals surface area contributed by atoms with Crippen molar-refractivity contribution < 1.29 is 9.59 Å². The van der Waals surface area contributed by atoms with Crippen LogP contribution < -0.4 is 10.2 Å². The molecule has 4 rings (SSSR count). The number of carbonyl (C=O) groups excluding carboxylic acids is 2. The Bertz CT molecular complexity index is 1000. The number of nitrogens with one attached hydrogen (secondary N) is 1. The summed E-state index contributed by atoms with van der Waals surface area (Å²) in [6.07, 6.45) is 3.38. The Balaban J connectivity index is 1.31. The molecule has 1 aromatic heterocycles. The van der Waals surface area contributed by atoms with Crippen LogP contribution in [-0.2, 0) is 22.7 Å². The van der Waals surface area contributed by atoms with E-state index in [0.717, 1.165) is 16.8 Å². The molecule has 1 aliphatic heterocycles. The van der Waals surface area contributed by atoms with Gasteiger partial charge in [0.25, 0.3) is 0 Å². The summed E-state index contributed by atoms with van der Waals surface area (Å²) in [5, 5.41) is 7.59. The summed E-state index contributed by atoms with van der Waals surface area (Å²) in [7, 11) is 0. The van der Waals surface area contributed by atoms with Crippen LogP contribution in [0.5, 0.6) is 0 Å². The van der Waals surface area contributed by atoms with Gasteiger partial charge in [0.1, 0.15) is 12.7 Å². The fourth-order valence-electron chi connectivity index (χ4n) is 3.37. The lowest BCUT2D eigenvalue weighted by molar-refractivity contribution is -0.126. The molecule has 0 radical (unpaired) electrons. The fraction of sp³-hybridized carbons (Fsp3) is 0.238. The average Bonchev–Trinajstić information content (AvgIpc) is 3.37. The molecule has 0 spiro atoms. The van der Waals surface area contributed by atoms with Gasteiger partial charge < -0.3 is 10.2 Å². The first-order chi connectivity index (χ1) is 14.1. The number of anilines is 1. The van der Waals surface area contributed by atoms with Crippen LogP contribution >= 0.6 is 11.6 Å². The summed E-state index contributed by atoms with van der Waals surface area (Å²) < 4.78 is 1.75. The molecule has 1 N–H and O–H groups in total. The zero-order valence-corrected chi connectivity index (χ0v) is 16.4. The normalized spacial score (nSPS) is 16.2. The maximum atomic E-state index is 12.6. The molecule has 3 aromatic rings. The lowest BCUT2D eigenvalue weighted by Crippen LogP contribution is -2.32. The Hall–Kier alpha value is -3.19. The van der Waals surface area contributed by atoms with Crippen molar-refractivity contribution in [1.82, 2.24) is 20.1 Å². The molecule has 0 saturated carbocycles. The summed E-state index contributed by atoms with van der Waals surface area (Å²) in [6, 6.07) is 15.1. The van der Waals surface area contributed by atoms with Crippen molar-refractivity contribution in [3.63, 3.8) is 0 Å². The fourth-order valence-corrected chi connectivity index (χ4v) is 3.56. The Labute approximate surface area is 173 Å².